The van der Waals surface area contributed by atoms with Crippen LogP contribution in [0.1, 0.15) is 28.8 Å². The molecule has 1 saturated carbocycles. The van der Waals surface area contributed by atoms with Gasteiger partial charge in [0.15, 0.2) is 0 Å². The van der Waals surface area contributed by atoms with E-state index in [0.717, 1.165) is 18.4 Å². The summed E-state index contributed by atoms with van der Waals surface area (Å²) in [6.45, 7) is 0. The first-order chi connectivity index (χ1) is 10.6. The summed E-state index contributed by atoms with van der Waals surface area (Å²) in [5, 5.41) is 9.29. The molecule has 0 spiro atoms. The molecule has 110 valence electrons. The predicted molar refractivity (Wildman–Crippen MR) is 79.7 cm³/mol. The number of ether oxygens (including phenoxy) is 1. The SMILES string of the molecule is COC(=O)c1cccc(-c2cccc(C3(C#N)CC3)c2)c1F. The van der Waals surface area contributed by atoms with Crippen molar-refractivity contribution >= 4 is 5.97 Å². The second-order valence-electron chi connectivity index (χ2n) is 5.43. The molecule has 2 aromatic rings. The van der Waals surface area contributed by atoms with Gasteiger partial charge in [-0.3, -0.25) is 0 Å². The highest BCUT2D eigenvalue weighted by molar-refractivity contribution is 5.91. The van der Waals surface area contributed by atoms with E-state index in [1.54, 1.807) is 18.2 Å². The Kier molecular flexibility index (Phi) is 3.42. The largest absolute Gasteiger partial charge is 0.465 e. The molecule has 0 bridgehead atoms. The van der Waals surface area contributed by atoms with Gasteiger partial charge in [0.25, 0.3) is 0 Å². The summed E-state index contributed by atoms with van der Waals surface area (Å²) < 4.78 is 19.1. The molecular formula is C18H14FNO2. The van der Waals surface area contributed by atoms with Gasteiger partial charge in [0.05, 0.1) is 24.2 Å². The van der Waals surface area contributed by atoms with Crippen LogP contribution in [0.25, 0.3) is 11.1 Å². The average Bonchev–Trinajstić information content (AvgIpc) is 3.36. The number of benzene rings is 2. The van der Waals surface area contributed by atoms with Crippen molar-refractivity contribution < 1.29 is 13.9 Å². The standard InChI is InChI=1S/C18H14FNO2/c1-22-17(21)15-7-3-6-14(16(15)19)12-4-2-5-13(10-12)18(11-20)8-9-18/h2-7,10H,8-9H2,1H3. The molecule has 0 aliphatic heterocycles. The lowest BCUT2D eigenvalue weighted by molar-refractivity contribution is 0.0595. The number of rotatable bonds is 3. The van der Waals surface area contributed by atoms with Crippen LogP contribution in [0, 0.1) is 17.1 Å². The topological polar surface area (TPSA) is 50.1 Å². The van der Waals surface area contributed by atoms with Crippen LogP contribution in [0.15, 0.2) is 42.5 Å². The van der Waals surface area contributed by atoms with Crippen LogP contribution in [0.5, 0.6) is 0 Å². The Morgan fingerprint density at radius 3 is 2.64 bits per heavy atom. The minimum atomic E-state index is -0.703. The number of carbonyl (C=O) groups excluding carboxylic acids is 1. The van der Waals surface area contributed by atoms with E-state index in [4.69, 9.17) is 0 Å². The number of hydrogen-bond acceptors (Lipinski definition) is 3. The van der Waals surface area contributed by atoms with E-state index in [-0.39, 0.29) is 5.56 Å². The average molecular weight is 295 g/mol. The molecule has 3 rings (SSSR count). The number of nitrogens with zero attached hydrogens (tertiary/aromatic N) is 1. The smallest absolute Gasteiger partial charge is 0.340 e. The molecule has 4 heteroatoms. The predicted octanol–water partition coefficient (Wildman–Crippen LogP) is 3.83. The van der Waals surface area contributed by atoms with E-state index < -0.39 is 17.2 Å². The molecule has 0 unspecified atom stereocenters. The van der Waals surface area contributed by atoms with Crippen molar-refractivity contribution in [1.29, 1.82) is 5.26 Å². The van der Waals surface area contributed by atoms with Crippen LogP contribution in [0.3, 0.4) is 0 Å². The third kappa shape index (κ3) is 2.25. The lowest BCUT2D eigenvalue weighted by Crippen LogP contribution is -2.06. The summed E-state index contributed by atoms with van der Waals surface area (Å²) in [5.41, 5.74) is 1.37. The van der Waals surface area contributed by atoms with E-state index in [1.807, 2.05) is 18.2 Å². The fourth-order valence-corrected chi connectivity index (χ4v) is 2.60. The lowest BCUT2D eigenvalue weighted by atomic mass is 9.93. The van der Waals surface area contributed by atoms with E-state index in [0.29, 0.717) is 11.1 Å². The molecule has 1 aliphatic carbocycles. The highest BCUT2D eigenvalue weighted by atomic mass is 19.1. The van der Waals surface area contributed by atoms with Gasteiger partial charge in [0.2, 0.25) is 0 Å². The fourth-order valence-electron chi connectivity index (χ4n) is 2.60. The Hall–Kier alpha value is -2.67. The van der Waals surface area contributed by atoms with Crippen molar-refractivity contribution in [2.24, 2.45) is 0 Å². The molecule has 0 amide bonds. The molecule has 0 aromatic heterocycles. The molecule has 1 fully saturated rings. The Morgan fingerprint density at radius 2 is 2.00 bits per heavy atom. The third-order valence-corrected chi connectivity index (χ3v) is 4.09. The second-order valence-corrected chi connectivity index (χ2v) is 5.43. The molecule has 0 heterocycles. The van der Waals surface area contributed by atoms with Crippen LogP contribution in [-0.4, -0.2) is 13.1 Å². The van der Waals surface area contributed by atoms with Gasteiger partial charge in [-0.05, 0) is 36.1 Å². The van der Waals surface area contributed by atoms with Crippen molar-refractivity contribution in [3.05, 3.63) is 59.4 Å². The maximum absolute atomic E-state index is 14.6. The normalized spacial score (nSPS) is 15.0. The Labute approximate surface area is 128 Å². The van der Waals surface area contributed by atoms with Gasteiger partial charge in [0.1, 0.15) is 5.82 Å². The molecule has 0 radical (unpaired) electrons. The summed E-state index contributed by atoms with van der Waals surface area (Å²) in [7, 11) is 1.22. The minimum absolute atomic E-state index is 0.0909. The van der Waals surface area contributed by atoms with Crippen LogP contribution in [0.4, 0.5) is 4.39 Å². The van der Waals surface area contributed by atoms with E-state index >= 15 is 0 Å². The first kappa shape index (κ1) is 14.3. The molecule has 0 saturated heterocycles. The van der Waals surface area contributed by atoms with Gasteiger partial charge >= 0.3 is 5.97 Å². The minimum Gasteiger partial charge on any atom is -0.465 e. The van der Waals surface area contributed by atoms with Gasteiger partial charge < -0.3 is 4.74 Å². The number of methoxy groups -OCH3 is 1. The van der Waals surface area contributed by atoms with Crippen LogP contribution >= 0.6 is 0 Å². The maximum Gasteiger partial charge on any atom is 0.340 e. The number of nitriles is 1. The Balaban J connectivity index is 2.08. The Morgan fingerprint density at radius 1 is 1.27 bits per heavy atom. The summed E-state index contributed by atoms with van der Waals surface area (Å²) in [4.78, 5) is 11.6. The molecule has 2 aromatic carbocycles. The zero-order valence-electron chi connectivity index (χ0n) is 12.1. The number of esters is 1. The van der Waals surface area contributed by atoms with Crippen molar-refractivity contribution in [2.45, 2.75) is 18.3 Å². The van der Waals surface area contributed by atoms with Gasteiger partial charge in [0, 0.05) is 5.56 Å². The van der Waals surface area contributed by atoms with Crippen molar-refractivity contribution in [3.63, 3.8) is 0 Å². The van der Waals surface area contributed by atoms with E-state index in [2.05, 4.69) is 10.8 Å². The zero-order chi connectivity index (χ0) is 15.7. The van der Waals surface area contributed by atoms with Crippen LogP contribution in [0.2, 0.25) is 0 Å². The summed E-state index contributed by atoms with van der Waals surface area (Å²) in [5.74, 6) is -1.31. The first-order valence-corrected chi connectivity index (χ1v) is 7.00. The lowest BCUT2D eigenvalue weighted by Gasteiger charge is -2.11. The monoisotopic (exact) mass is 295 g/mol. The van der Waals surface area contributed by atoms with Gasteiger partial charge in [-0.15, -0.1) is 0 Å². The molecule has 3 nitrogen and oxygen atoms in total. The molecule has 22 heavy (non-hydrogen) atoms. The van der Waals surface area contributed by atoms with Crippen molar-refractivity contribution in [1.82, 2.24) is 0 Å². The van der Waals surface area contributed by atoms with Crippen molar-refractivity contribution in [2.75, 3.05) is 7.11 Å². The molecule has 0 N–H and O–H groups in total. The quantitative estimate of drug-likeness (QED) is 0.808. The van der Waals surface area contributed by atoms with Crippen molar-refractivity contribution in [3.8, 4) is 17.2 Å². The van der Waals surface area contributed by atoms with E-state index in [9.17, 15) is 14.4 Å². The fraction of sp³-hybridized carbons (Fsp3) is 0.222. The van der Waals surface area contributed by atoms with Crippen LogP contribution in [-0.2, 0) is 10.2 Å². The maximum atomic E-state index is 14.6. The Bertz CT molecular complexity index is 788. The summed E-state index contributed by atoms with van der Waals surface area (Å²) >= 11 is 0. The van der Waals surface area contributed by atoms with E-state index in [1.165, 1.54) is 13.2 Å². The van der Waals surface area contributed by atoms with Gasteiger partial charge in [-0.1, -0.05) is 30.3 Å². The highest BCUT2D eigenvalue weighted by Gasteiger charge is 2.44. The van der Waals surface area contributed by atoms with Gasteiger partial charge in [-0.25, -0.2) is 9.18 Å². The summed E-state index contributed by atoms with van der Waals surface area (Å²) in [6.07, 6.45) is 1.66. The third-order valence-electron chi connectivity index (χ3n) is 4.09. The zero-order valence-corrected chi connectivity index (χ0v) is 12.1. The van der Waals surface area contributed by atoms with Gasteiger partial charge in [-0.2, -0.15) is 5.26 Å². The molecule has 1 aliphatic rings. The number of halogens is 1. The summed E-state index contributed by atoms with van der Waals surface area (Å²) in [6, 6.07) is 14.3. The molecule has 0 atom stereocenters. The highest BCUT2D eigenvalue weighted by Crippen LogP contribution is 2.48. The second kappa shape index (κ2) is 5.27. The number of carbonyl (C=O) groups is 1. The van der Waals surface area contributed by atoms with Crippen LogP contribution < -0.4 is 0 Å². The first-order valence-electron chi connectivity index (χ1n) is 7.00. The number of hydrogen-bond donors (Lipinski definition) is 0. The molecular weight excluding hydrogens is 281 g/mol.